The molecule has 0 saturated carbocycles. The minimum atomic E-state index is -1.41. The van der Waals surface area contributed by atoms with Gasteiger partial charge in [0.25, 0.3) is 0 Å². The number of amides is 1. The van der Waals surface area contributed by atoms with E-state index >= 15 is 0 Å². The molecule has 45 heavy (non-hydrogen) atoms. The van der Waals surface area contributed by atoms with Crippen molar-refractivity contribution in [3.8, 4) is 5.75 Å². The van der Waals surface area contributed by atoms with E-state index < -0.39 is 31.7 Å². The van der Waals surface area contributed by atoms with Crippen LogP contribution in [0, 0.1) is 11.3 Å². The number of ether oxygens (including phenoxy) is 2. The molecule has 244 valence electrons. The van der Waals surface area contributed by atoms with E-state index in [0.29, 0.717) is 31.1 Å². The van der Waals surface area contributed by atoms with Crippen LogP contribution in [-0.2, 0) is 27.0 Å². The summed E-state index contributed by atoms with van der Waals surface area (Å²) in [7, 11) is -1.41. The van der Waals surface area contributed by atoms with Gasteiger partial charge in [0.15, 0.2) is 9.04 Å². The van der Waals surface area contributed by atoms with Crippen LogP contribution in [-0.4, -0.2) is 39.2 Å². The number of benzene rings is 3. The largest absolute Gasteiger partial charge is 0.489 e. The highest BCUT2D eigenvalue weighted by Gasteiger charge is 2.50. The lowest BCUT2D eigenvalue weighted by Gasteiger charge is -2.46. The molecule has 1 N–H and O–H groups in total. The fourth-order valence-corrected chi connectivity index (χ4v) is 6.92. The summed E-state index contributed by atoms with van der Waals surface area (Å²) in [4.78, 5) is 28.0. The molecule has 0 bridgehead atoms. The molecule has 0 heterocycles. The predicted octanol–water partition coefficient (Wildman–Crippen LogP) is 9.13. The number of nitrogens with one attached hydrogen (secondary N) is 1. The lowest BCUT2D eigenvalue weighted by molar-refractivity contribution is -0.122. The Hall–Kier alpha value is -2.78. The molecule has 2 unspecified atom stereocenters. The van der Waals surface area contributed by atoms with Gasteiger partial charge in [-0.2, -0.15) is 0 Å². The summed E-state index contributed by atoms with van der Waals surface area (Å²) >= 11 is 8.45. The fourth-order valence-electron chi connectivity index (χ4n) is 5.06. The quantitative estimate of drug-likeness (QED) is 0.136. The molecule has 0 saturated heterocycles. The molecule has 0 radical (unpaired) electrons. The van der Waals surface area contributed by atoms with Gasteiger partial charge >= 0.3 is 6.09 Å². The molecular weight excluding hydrogens is 622 g/mol. The Balaban J connectivity index is 1.76. The molecule has 0 spiro atoms. The van der Waals surface area contributed by atoms with E-state index in [1.165, 1.54) is 0 Å². The van der Waals surface area contributed by atoms with Gasteiger partial charge in [0.05, 0.1) is 0 Å². The number of alkyl carbamates (subject to hydrolysis) is 1. The Labute approximate surface area is 280 Å². The van der Waals surface area contributed by atoms with Crippen LogP contribution in [0.1, 0.15) is 59.1 Å². The molecule has 0 aromatic heterocycles. The normalized spacial score (nSPS) is 14.0. The maximum Gasteiger partial charge on any atom is 0.408 e. The Morgan fingerprint density at radius 3 is 2.24 bits per heavy atom. The number of hydrogen-bond donors (Lipinski definition) is 1. The van der Waals surface area contributed by atoms with Crippen molar-refractivity contribution in [1.29, 1.82) is 0 Å². The van der Waals surface area contributed by atoms with Crippen molar-refractivity contribution in [2.75, 3.05) is 6.61 Å². The van der Waals surface area contributed by atoms with Gasteiger partial charge in [0.2, 0.25) is 0 Å². The van der Waals surface area contributed by atoms with Crippen LogP contribution in [0.4, 0.5) is 4.79 Å². The predicted molar refractivity (Wildman–Crippen MR) is 187 cm³/mol. The summed E-state index contributed by atoms with van der Waals surface area (Å²) in [5, 5.41) is 3.62. The Bertz CT molecular complexity index is 1410. The third-order valence-corrected chi connectivity index (χ3v) is 9.68. The van der Waals surface area contributed by atoms with Gasteiger partial charge in [0.1, 0.15) is 29.8 Å². The molecule has 0 fully saturated rings. The molecule has 0 aliphatic carbocycles. The topological polar surface area (TPSA) is 73.9 Å². The molecule has 2 atom stereocenters. The molecular formula is C36H48ClNO5SSi. The van der Waals surface area contributed by atoms with Gasteiger partial charge in [-0.3, -0.25) is 0 Å². The van der Waals surface area contributed by atoms with E-state index in [4.69, 9.17) is 25.5 Å². The van der Waals surface area contributed by atoms with Crippen LogP contribution in [0.15, 0.2) is 82.6 Å². The van der Waals surface area contributed by atoms with E-state index in [0.717, 1.165) is 33.0 Å². The molecule has 3 rings (SSSR count). The van der Waals surface area contributed by atoms with Gasteiger partial charge in [0, 0.05) is 27.3 Å². The summed E-state index contributed by atoms with van der Waals surface area (Å²) < 4.78 is 17.8. The summed E-state index contributed by atoms with van der Waals surface area (Å²) in [5.41, 5.74) is -0.432. The van der Waals surface area contributed by atoms with Gasteiger partial charge < -0.3 is 24.0 Å². The van der Waals surface area contributed by atoms with Gasteiger partial charge in [-0.25, -0.2) is 4.79 Å². The number of hydrogen-bond acceptors (Lipinski definition) is 6. The second kappa shape index (κ2) is 16.2. The van der Waals surface area contributed by atoms with Crippen molar-refractivity contribution < 1.29 is 23.5 Å². The highest BCUT2D eigenvalue weighted by atomic mass is 35.5. The first-order valence-electron chi connectivity index (χ1n) is 15.4. The van der Waals surface area contributed by atoms with Crippen LogP contribution in [0.3, 0.4) is 0 Å². The van der Waals surface area contributed by atoms with E-state index in [1.807, 2.05) is 87.5 Å². The number of aryl methyl sites for hydroxylation is 1. The lowest BCUT2D eigenvalue weighted by Crippen LogP contribution is -2.64. The number of carbonyl (C=O) groups excluding carboxylic acids is 2. The zero-order valence-corrected chi connectivity index (χ0v) is 30.5. The van der Waals surface area contributed by atoms with Crippen LogP contribution < -0.4 is 10.1 Å². The zero-order valence-electron chi connectivity index (χ0n) is 27.8. The average molecular weight is 670 g/mol. The van der Waals surface area contributed by atoms with Crippen molar-refractivity contribution in [3.63, 3.8) is 0 Å². The van der Waals surface area contributed by atoms with Crippen molar-refractivity contribution in [3.05, 3.63) is 88.9 Å². The highest BCUT2D eigenvalue weighted by molar-refractivity contribution is 7.99. The Kier molecular flexibility index (Phi) is 13.2. The van der Waals surface area contributed by atoms with Crippen molar-refractivity contribution in [2.24, 2.45) is 11.3 Å². The van der Waals surface area contributed by atoms with Crippen molar-refractivity contribution in [1.82, 2.24) is 5.32 Å². The average Bonchev–Trinajstić information content (AvgIpc) is 2.95. The molecule has 0 aliphatic rings. The Morgan fingerprint density at radius 1 is 0.956 bits per heavy atom. The minimum absolute atomic E-state index is 0.304. The molecule has 9 heteroatoms. The molecule has 1 amide bonds. The number of aldehydes is 1. The van der Waals surface area contributed by atoms with E-state index in [2.05, 4.69) is 24.5 Å². The first-order valence-corrected chi connectivity index (χ1v) is 19.4. The van der Waals surface area contributed by atoms with Gasteiger partial charge in [-0.05, 0) is 93.6 Å². The number of carbonyl (C=O) groups is 2. The second-order valence-electron chi connectivity index (χ2n) is 13.6. The maximum absolute atomic E-state index is 13.0. The van der Waals surface area contributed by atoms with E-state index in [1.54, 1.807) is 32.5 Å². The minimum Gasteiger partial charge on any atom is -0.489 e. The van der Waals surface area contributed by atoms with Crippen LogP contribution >= 0.6 is 23.4 Å². The standard InChI is InChI=1S/C36H48ClNO5SSi/c1-34(2,3)36(25-39,38-33(40)43-35(4,5)6)28(24-42-45(7)8)19-17-27-18-20-31(22-32(27)37)44-30-16-12-15-29(21-30)41-23-26-13-10-9-11-14-26/h9-16,18,20-22,25,28,45H,17,19,23-24H2,1-8H3,(H,38,40). The summed E-state index contributed by atoms with van der Waals surface area (Å²) in [6, 6.07) is 24.2. The van der Waals surface area contributed by atoms with Crippen molar-refractivity contribution in [2.45, 2.75) is 95.0 Å². The molecule has 0 aliphatic heterocycles. The Morgan fingerprint density at radius 2 is 1.64 bits per heavy atom. The number of rotatable bonds is 14. The van der Waals surface area contributed by atoms with Gasteiger partial charge in [-0.15, -0.1) is 0 Å². The van der Waals surface area contributed by atoms with Gasteiger partial charge in [-0.1, -0.05) is 86.6 Å². The van der Waals surface area contributed by atoms with Crippen LogP contribution in [0.2, 0.25) is 18.1 Å². The van der Waals surface area contributed by atoms with E-state index in [9.17, 15) is 9.59 Å². The van der Waals surface area contributed by atoms with Crippen molar-refractivity contribution >= 4 is 44.8 Å². The van der Waals surface area contributed by atoms with E-state index in [-0.39, 0.29) is 5.92 Å². The monoisotopic (exact) mass is 669 g/mol. The first-order chi connectivity index (χ1) is 21.1. The second-order valence-corrected chi connectivity index (χ2v) is 17.6. The summed E-state index contributed by atoms with van der Waals surface area (Å²) in [6.45, 7) is 16.3. The maximum atomic E-state index is 13.0. The summed E-state index contributed by atoms with van der Waals surface area (Å²) in [6.07, 6.45) is 1.44. The highest BCUT2D eigenvalue weighted by Crippen LogP contribution is 2.39. The summed E-state index contributed by atoms with van der Waals surface area (Å²) in [5.74, 6) is 0.503. The number of halogens is 1. The van der Waals surface area contributed by atoms with Crippen LogP contribution in [0.5, 0.6) is 5.75 Å². The smallest absolute Gasteiger partial charge is 0.408 e. The first kappa shape index (κ1) is 36.7. The fraction of sp³-hybridized carbons (Fsp3) is 0.444. The third kappa shape index (κ3) is 11.2. The SMILES string of the molecule is C[SiH](C)OCC(CCc1ccc(Sc2cccc(OCc3ccccc3)c2)cc1Cl)C(C=O)(NC(=O)OC(C)(C)C)C(C)(C)C. The molecule has 3 aromatic carbocycles. The molecule has 6 nitrogen and oxygen atoms in total. The lowest BCUT2D eigenvalue weighted by atomic mass is 9.65. The molecule has 3 aromatic rings. The van der Waals surface area contributed by atoms with Crippen LogP contribution in [0.25, 0.3) is 0 Å². The zero-order chi connectivity index (χ0) is 33.3. The third-order valence-electron chi connectivity index (χ3n) is 7.49.